The van der Waals surface area contributed by atoms with Gasteiger partial charge in [-0.1, -0.05) is 37.4 Å². The van der Waals surface area contributed by atoms with Gasteiger partial charge in [0.15, 0.2) is 0 Å². The van der Waals surface area contributed by atoms with Crippen LogP contribution in [0.4, 0.5) is 0 Å². The second kappa shape index (κ2) is 5.68. The molecule has 3 heterocycles. The van der Waals surface area contributed by atoms with Crippen LogP contribution < -0.4 is 0 Å². The molecule has 4 aliphatic carbocycles. The molecule has 28 heavy (non-hydrogen) atoms. The third-order valence-electron chi connectivity index (χ3n) is 6.98. The summed E-state index contributed by atoms with van der Waals surface area (Å²) >= 11 is 0. The Morgan fingerprint density at radius 2 is 1.11 bits per heavy atom. The quantitative estimate of drug-likeness (QED) is 0.754. The van der Waals surface area contributed by atoms with Crippen molar-refractivity contribution in [2.24, 2.45) is 45.7 Å². The number of pyridine rings is 2. The van der Waals surface area contributed by atoms with Gasteiger partial charge in [0.1, 0.15) is 0 Å². The SMILES string of the molecule is C=C1C(=C)[C@@H]2C=C[C@@H]1[C@H]1[C@H]3C(c4ccccn4)=NN=C(c4ccccn4)[C@@H]3[C@@H]12. The van der Waals surface area contributed by atoms with E-state index in [4.69, 9.17) is 0 Å². The van der Waals surface area contributed by atoms with Crippen LogP contribution in [0.5, 0.6) is 0 Å². The summed E-state index contributed by atoms with van der Waals surface area (Å²) in [5.41, 5.74) is 6.24. The van der Waals surface area contributed by atoms with E-state index in [1.54, 1.807) is 0 Å². The van der Waals surface area contributed by atoms with Crippen LogP contribution in [0.2, 0.25) is 0 Å². The van der Waals surface area contributed by atoms with Crippen molar-refractivity contribution in [3.05, 3.63) is 96.6 Å². The zero-order chi connectivity index (χ0) is 18.8. The fraction of sp³-hybridized carbons (Fsp3) is 0.250. The van der Waals surface area contributed by atoms with E-state index in [-0.39, 0.29) is 11.8 Å². The predicted octanol–water partition coefficient (Wildman–Crippen LogP) is 4.09. The van der Waals surface area contributed by atoms with Gasteiger partial charge in [0, 0.05) is 36.1 Å². The van der Waals surface area contributed by atoms with Gasteiger partial charge in [-0.15, -0.1) is 0 Å². The molecule has 1 aliphatic heterocycles. The number of hydrogen-bond donors (Lipinski definition) is 0. The lowest BCUT2D eigenvalue weighted by molar-refractivity contribution is -0.0000843. The van der Waals surface area contributed by atoms with E-state index in [2.05, 4.69) is 45.5 Å². The van der Waals surface area contributed by atoms with E-state index >= 15 is 0 Å². The van der Waals surface area contributed by atoms with E-state index in [9.17, 15) is 0 Å². The molecule has 0 unspecified atom stereocenters. The van der Waals surface area contributed by atoms with Gasteiger partial charge in [0.05, 0.1) is 22.8 Å². The average Bonchev–Trinajstić information content (AvgIpc) is 2.75. The smallest absolute Gasteiger partial charge is 0.0927 e. The molecule has 2 saturated carbocycles. The molecule has 2 aromatic rings. The predicted molar refractivity (Wildman–Crippen MR) is 110 cm³/mol. The third kappa shape index (κ3) is 1.95. The number of rotatable bonds is 2. The Bertz CT molecular complexity index is 993. The molecule has 7 rings (SSSR count). The minimum Gasteiger partial charge on any atom is -0.255 e. The van der Waals surface area contributed by atoms with Crippen LogP contribution >= 0.6 is 0 Å². The molecule has 0 aromatic carbocycles. The van der Waals surface area contributed by atoms with Crippen LogP contribution in [0.25, 0.3) is 0 Å². The average molecular weight is 364 g/mol. The van der Waals surface area contributed by atoms with Crippen molar-refractivity contribution in [3.8, 4) is 0 Å². The number of fused-ring (bicyclic) bond motifs is 2. The molecular formula is C24H20N4. The first-order chi connectivity index (χ1) is 13.8. The van der Waals surface area contributed by atoms with Crippen LogP contribution in [0.3, 0.4) is 0 Å². The molecule has 0 amide bonds. The summed E-state index contributed by atoms with van der Waals surface area (Å²) in [6.07, 6.45) is 8.33. The molecule has 6 atom stereocenters. The van der Waals surface area contributed by atoms with Crippen LogP contribution in [-0.4, -0.2) is 21.4 Å². The fourth-order valence-electron chi connectivity index (χ4n) is 5.78. The lowest BCUT2D eigenvalue weighted by atomic mass is 9.40. The maximum atomic E-state index is 4.68. The summed E-state index contributed by atoms with van der Waals surface area (Å²) in [6, 6.07) is 12.0. The van der Waals surface area contributed by atoms with E-state index in [0.29, 0.717) is 23.7 Å². The van der Waals surface area contributed by atoms with Gasteiger partial charge in [0.25, 0.3) is 0 Å². The zero-order valence-electron chi connectivity index (χ0n) is 15.4. The highest BCUT2D eigenvalue weighted by atomic mass is 15.2. The Morgan fingerprint density at radius 1 is 0.643 bits per heavy atom. The van der Waals surface area contributed by atoms with Crippen molar-refractivity contribution in [2.75, 3.05) is 0 Å². The Hall–Kier alpha value is -3.14. The summed E-state index contributed by atoms with van der Waals surface area (Å²) < 4.78 is 0. The van der Waals surface area contributed by atoms with Crippen molar-refractivity contribution in [1.82, 2.24) is 9.97 Å². The molecule has 0 spiro atoms. The maximum absolute atomic E-state index is 4.68. The number of hydrogen-bond acceptors (Lipinski definition) is 4. The highest BCUT2D eigenvalue weighted by Crippen LogP contribution is 2.65. The Kier molecular flexibility index (Phi) is 3.22. The normalized spacial score (nSPS) is 34.9. The minimum absolute atomic E-state index is 0.289. The lowest BCUT2D eigenvalue weighted by Crippen LogP contribution is -2.63. The molecule has 136 valence electrons. The van der Waals surface area contributed by atoms with Gasteiger partial charge < -0.3 is 0 Å². The summed E-state index contributed by atoms with van der Waals surface area (Å²) in [4.78, 5) is 9.16. The van der Waals surface area contributed by atoms with Gasteiger partial charge in [-0.05, 0) is 47.2 Å². The lowest BCUT2D eigenvalue weighted by Gasteiger charge is -2.63. The maximum Gasteiger partial charge on any atom is 0.0927 e. The summed E-state index contributed by atoms with van der Waals surface area (Å²) in [5.74, 6) is 2.20. The first-order valence-corrected chi connectivity index (χ1v) is 9.80. The number of allylic oxidation sites excluding steroid dienone is 4. The van der Waals surface area contributed by atoms with Gasteiger partial charge in [-0.3, -0.25) is 9.97 Å². The molecule has 2 fully saturated rings. The molecule has 0 saturated heterocycles. The van der Waals surface area contributed by atoms with Crippen LogP contribution in [0.1, 0.15) is 11.4 Å². The first-order valence-electron chi connectivity index (χ1n) is 9.80. The Morgan fingerprint density at radius 3 is 1.50 bits per heavy atom. The molecule has 4 heteroatoms. The van der Waals surface area contributed by atoms with Gasteiger partial charge in [0.2, 0.25) is 0 Å². The van der Waals surface area contributed by atoms with Gasteiger partial charge in [-0.2, -0.15) is 10.2 Å². The largest absolute Gasteiger partial charge is 0.255 e. The highest BCUT2D eigenvalue weighted by molar-refractivity contribution is 6.12. The zero-order valence-corrected chi connectivity index (χ0v) is 15.4. The molecule has 0 radical (unpaired) electrons. The minimum atomic E-state index is 0.289. The van der Waals surface area contributed by atoms with E-state index < -0.39 is 0 Å². The number of nitrogens with zero attached hydrogens (tertiary/aromatic N) is 4. The van der Waals surface area contributed by atoms with Crippen LogP contribution in [0.15, 0.2) is 95.5 Å². The second-order valence-electron chi connectivity index (χ2n) is 8.09. The number of aromatic nitrogens is 2. The van der Waals surface area contributed by atoms with Gasteiger partial charge in [-0.25, -0.2) is 0 Å². The highest BCUT2D eigenvalue weighted by Gasteiger charge is 2.64. The van der Waals surface area contributed by atoms with E-state index in [1.165, 1.54) is 11.1 Å². The third-order valence-corrected chi connectivity index (χ3v) is 6.98. The Balaban J connectivity index is 1.51. The van der Waals surface area contributed by atoms with Crippen molar-refractivity contribution in [2.45, 2.75) is 0 Å². The standard InChI is InChI=1S/C24H20N4/c1-13-14(2)16-10-9-15(13)19-20(16)22-21(19)23(17-7-3-5-11-25-17)27-28-24(22)18-8-4-6-12-26-18/h3-12,15-16,19-22H,1-2H2/t15-,16-,19+,20+,21+,22+/m0/s1. The van der Waals surface area contributed by atoms with Crippen molar-refractivity contribution in [1.29, 1.82) is 0 Å². The second-order valence-corrected chi connectivity index (χ2v) is 8.09. The van der Waals surface area contributed by atoms with E-state index in [1.807, 2.05) is 48.8 Å². The van der Waals surface area contributed by atoms with Crippen LogP contribution in [0, 0.1) is 35.5 Å². The fourth-order valence-corrected chi connectivity index (χ4v) is 5.78. The van der Waals surface area contributed by atoms with Crippen molar-refractivity contribution >= 4 is 11.4 Å². The van der Waals surface area contributed by atoms with E-state index in [0.717, 1.165) is 22.8 Å². The summed E-state index contributed by atoms with van der Waals surface area (Å²) in [7, 11) is 0. The molecule has 2 bridgehead atoms. The summed E-state index contributed by atoms with van der Waals surface area (Å²) in [6.45, 7) is 8.72. The first kappa shape index (κ1) is 15.9. The molecular weight excluding hydrogens is 344 g/mol. The topological polar surface area (TPSA) is 50.5 Å². The molecule has 2 aromatic heterocycles. The Labute approximate surface area is 164 Å². The molecule has 5 aliphatic rings. The van der Waals surface area contributed by atoms with Crippen LogP contribution in [-0.2, 0) is 0 Å². The van der Waals surface area contributed by atoms with Gasteiger partial charge >= 0.3 is 0 Å². The van der Waals surface area contributed by atoms with Crippen molar-refractivity contribution in [3.63, 3.8) is 0 Å². The monoisotopic (exact) mass is 364 g/mol. The molecule has 4 nitrogen and oxygen atoms in total. The molecule has 0 N–H and O–H groups in total. The summed E-state index contributed by atoms with van der Waals surface area (Å²) in [5, 5.41) is 9.37. The van der Waals surface area contributed by atoms with Crippen molar-refractivity contribution < 1.29 is 0 Å².